The topological polar surface area (TPSA) is 26.3 Å². The van der Waals surface area contributed by atoms with E-state index in [1.165, 1.54) is 0 Å². The molecule has 2 nitrogen and oxygen atoms in total. The molecule has 0 saturated carbocycles. The van der Waals surface area contributed by atoms with Gasteiger partial charge < -0.3 is 4.43 Å². The highest BCUT2D eigenvalue weighted by molar-refractivity contribution is 7.81. The zero-order valence-corrected chi connectivity index (χ0v) is 7.44. The second kappa shape index (κ2) is 4.87. The summed E-state index contributed by atoms with van der Waals surface area (Å²) in [6, 6.07) is 0. The summed E-state index contributed by atoms with van der Waals surface area (Å²) in [6.07, 6.45) is 0. The average Bonchev–Trinajstić information content (AvgIpc) is 1.82. The molecule has 0 aliphatic carbocycles. The van der Waals surface area contributed by atoms with Gasteiger partial charge in [0.05, 0.1) is 0 Å². The lowest BCUT2D eigenvalue weighted by Gasteiger charge is -2.02. The summed E-state index contributed by atoms with van der Waals surface area (Å²) in [5, 5.41) is 0.623. The van der Waals surface area contributed by atoms with Crippen molar-refractivity contribution in [1.29, 1.82) is 0 Å². The van der Waals surface area contributed by atoms with Crippen LogP contribution >= 0.6 is 12.6 Å². The molecule has 0 N–H and O–H groups in total. The third-order valence-corrected chi connectivity index (χ3v) is 1.57. The maximum Gasteiger partial charge on any atom is 0.325 e. The minimum Gasteiger partial charge on any atom is -0.515 e. The number of carbonyl (C=O) groups is 1. The van der Waals surface area contributed by atoms with Crippen LogP contribution < -0.4 is 0 Å². The van der Waals surface area contributed by atoms with Crippen molar-refractivity contribution in [1.82, 2.24) is 0 Å². The van der Waals surface area contributed by atoms with Crippen LogP contribution in [0.1, 0.15) is 13.8 Å². The van der Waals surface area contributed by atoms with Crippen LogP contribution in [0.3, 0.4) is 0 Å². The molecule has 0 bridgehead atoms. The van der Waals surface area contributed by atoms with Gasteiger partial charge in [0.15, 0.2) is 0 Å². The van der Waals surface area contributed by atoms with Crippen LogP contribution in [0, 0.1) is 5.92 Å². The molecule has 0 aliphatic rings. The Bertz CT molecular complexity index is 95.0. The first-order valence-electron chi connectivity index (χ1n) is 2.73. The summed E-state index contributed by atoms with van der Waals surface area (Å²) in [6.45, 7) is 3.62. The fourth-order valence-electron chi connectivity index (χ4n) is 0.221. The van der Waals surface area contributed by atoms with Crippen molar-refractivity contribution in [2.24, 2.45) is 5.92 Å². The molecule has 0 heterocycles. The maximum atomic E-state index is 10.7. The van der Waals surface area contributed by atoms with E-state index in [4.69, 9.17) is 4.43 Å². The van der Waals surface area contributed by atoms with E-state index in [-0.39, 0.29) is 21.7 Å². The largest absolute Gasteiger partial charge is 0.515 e. The van der Waals surface area contributed by atoms with Gasteiger partial charge in [-0.2, -0.15) is 12.6 Å². The van der Waals surface area contributed by atoms with Crippen LogP contribution in [0.5, 0.6) is 0 Å². The van der Waals surface area contributed by atoms with Gasteiger partial charge in [-0.05, 0) is 0 Å². The van der Waals surface area contributed by atoms with Gasteiger partial charge in [0.1, 0.15) is 0 Å². The first-order valence-corrected chi connectivity index (χ1v) is 4.47. The molecule has 0 aromatic rings. The van der Waals surface area contributed by atoms with E-state index in [1.807, 2.05) is 13.8 Å². The fraction of sp³-hybridized carbons (Fsp3) is 0.800. The quantitative estimate of drug-likeness (QED) is 0.488. The molecule has 0 spiro atoms. The predicted octanol–water partition coefficient (Wildman–Crippen LogP) is 0.692. The average molecular weight is 162 g/mol. The van der Waals surface area contributed by atoms with Crippen LogP contribution in [0.15, 0.2) is 0 Å². The van der Waals surface area contributed by atoms with Gasteiger partial charge in [0, 0.05) is 11.3 Å². The van der Waals surface area contributed by atoms with Crippen molar-refractivity contribution in [3.05, 3.63) is 0 Å². The second-order valence-electron chi connectivity index (χ2n) is 1.88. The number of rotatable bonds is 3. The highest BCUT2D eigenvalue weighted by Gasteiger charge is 2.06. The first-order chi connectivity index (χ1) is 4.18. The van der Waals surface area contributed by atoms with Crippen LogP contribution in [0.2, 0.25) is 0 Å². The molecule has 0 amide bonds. The summed E-state index contributed by atoms with van der Waals surface area (Å²) in [4.78, 5) is 10.7. The monoisotopic (exact) mass is 162 g/mol. The van der Waals surface area contributed by atoms with Crippen LogP contribution in [0.4, 0.5) is 0 Å². The molecule has 2 radical (unpaired) electrons. The van der Waals surface area contributed by atoms with E-state index in [1.54, 1.807) is 0 Å². The molecule has 0 atom stereocenters. The van der Waals surface area contributed by atoms with E-state index in [2.05, 4.69) is 12.6 Å². The lowest BCUT2D eigenvalue weighted by Crippen LogP contribution is -2.15. The molecule has 0 fully saturated rings. The molecule has 0 unspecified atom stereocenters. The highest BCUT2D eigenvalue weighted by atomic mass is 32.1. The van der Waals surface area contributed by atoms with Gasteiger partial charge >= 0.3 is 9.76 Å². The predicted molar refractivity (Wildman–Crippen MR) is 40.5 cm³/mol. The number of carbonyl (C=O) groups excluding carboxylic acids is 1. The zero-order chi connectivity index (χ0) is 7.28. The SMILES string of the molecule is CC(C)C(=O)O[Si]CS. The van der Waals surface area contributed by atoms with Gasteiger partial charge in [-0.3, -0.25) is 4.79 Å². The maximum absolute atomic E-state index is 10.7. The normalized spacial score (nSPS) is 9.78. The molecule has 52 valence electrons. The summed E-state index contributed by atoms with van der Waals surface area (Å²) in [7, 11) is 0.203. The Hall–Kier alpha value is 0.0369. The smallest absolute Gasteiger partial charge is 0.325 e. The van der Waals surface area contributed by atoms with Gasteiger partial charge in [-0.15, -0.1) is 0 Å². The van der Waals surface area contributed by atoms with Crippen LogP contribution in [0.25, 0.3) is 0 Å². The van der Waals surface area contributed by atoms with Crippen molar-refractivity contribution in [3.8, 4) is 0 Å². The van der Waals surface area contributed by atoms with E-state index in [0.29, 0.717) is 5.38 Å². The molecule has 0 aromatic heterocycles. The molecule has 9 heavy (non-hydrogen) atoms. The number of thiol groups is 1. The molecule has 0 aliphatic heterocycles. The van der Waals surface area contributed by atoms with Crippen molar-refractivity contribution in [2.75, 3.05) is 5.38 Å². The van der Waals surface area contributed by atoms with Crippen LogP contribution in [-0.4, -0.2) is 21.1 Å². The van der Waals surface area contributed by atoms with Gasteiger partial charge in [0.25, 0.3) is 5.97 Å². The standard InChI is InChI=1S/C5H10O2SSi/c1-4(2)5(6)7-9-3-8/h4,8H,3H2,1-2H3. The second-order valence-corrected chi connectivity index (χ2v) is 3.64. The fourth-order valence-corrected chi connectivity index (χ4v) is 0.857. The summed E-state index contributed by atoms with van der Waals surface area (Å²) < 4.78 is 4.77. The Morgan fingerprint density at radius 2 is 2.33 bits per heavy atom. The lowest BCUT2D eigenvalue weighted by molar-refractivity contribution is -0.137. The Morgan fingerprint density at radius 3 is 2.67 bits per heavy atom. The zero-order valence-electron chi connectivity index (χ0n) is 5.55. The van der Waals surface area contributed by atoms with Gasteiger partial charge in [-0.25, -0.2) is 0 Å². The van der Waals surface area contributed by atoms with Crippen molar-refractivity contribution in [2.45, 2.75) is 13.8 Å². The highest BCUT2D eigenvalue weighted by Crippen LogP contribution is 1.93. The molecule has 0 rings (SSSR count). The molecule has 0 saturated heterocycles. The van der Waals surface area contributed by atoms with Gasteiger partial charge in [-0.1, -0.05) is 13.8 Å². The lowest BCUT2D eigenvalue weighted by atomic mass is 10.2. The van der Waals surface area contributed by atoms with Crippen molar-refractivity contribution in [3.63, 3.8) is 0 Å². The summed E-state index contributed by atoms with van der Waals surface area (Å²) in [5.41, 5.74) is 0. The Morgan fingerprint density at radius 1 is 1.78 bits per heavy atom. The van der Waals surface area contributed by atoms with Crippen molar-refractivity contribution >= 4 is 28.4 Å². The van der Waals surface area contributed by atoms with E-state index < -0.39 is 0 Å². The Labute approximate surface area is 63.3 Å². The third-order valence-electron chi connectivity index (χ3n) is 0.709. The third kappa shape index (κ3) is 4.53. The summed E-state index contributed by atoms with van der Waals surface area (Å²) in [5.74, 6) is -0.153. The van der Waals surface area contributed by atoms with Gasteiger partial charge in [0.2, 0.25) is 0 Å². The minimum absolute atomic E-state index is 0.0163. The molecular weight excluding hydrogens is 152 g/mol. The molecule has 4 heteroatoms. The van der Waals surface area contributed by atoms with E-state index in [9.17, 15) is 4.79 Å². The van der Waals surface area contributed by atoms with E-state index >= 15 is 0 Å². The Balaban J connectivity index is 3.28. The first kappa shape index (κ1) is 9.04. The van der Waals surface area contributed by atoms with Crippen molar-refractivity contribution < 1.29 is 9.22 Å². The minimum atomic E-state index is -0.137. The summed E-state index contributed by atoms with van der Waals surface area (Å²) >= 11 is 3.90. The molecular formula is C5H10O2SSi. The van der Waals surface area contributed by atoms with E-state index in [0.717, 1.165) is 0 Å². The van der Waals surface area contributed by atoms with Crippen LogP contribution in [-0.2, 0) is 9.22 Å². The number of hydrogen-bond acceptors (Lipinski definition) is 3. The number of hydrogen-bond donors (Lipinski definition) is 1. The molecule has 0 aromatic carbocycles. The Kier molecular flexibility index (Phi) is 4.89.